The van der Waals surface area contributed by atoms with E-state index in [1.54, 1.807) is 0 Å². The third kappa shape index (κ3) is 2.71. The van der Waals surface area contributed by atoms with Crippen molar-refractivity contribution in [2.75, 3.05) is 13.1 Å². The number of rotatable bonds is 2. The average molecular weight is 212 g/mol. The third-order valence-corrected chi connectivity index (χ3v) is 2.96. The maximum absolute atomic E-state index is 8.76. The number of nitriles is 1. The molecule has 0 N–H and O–H groups in total. The molecule has 0 amide bonds. The van der Waals surface area contributed by atoms with Gasteiger partial charge in [0.1, 0.15) is 0 Å². The van der Waals surface area contributed by atoms with E-state index >= 15 is 0 Å². The van der Waals surface area contributed by atoms with Crippen LogP contribution in [0, 0.1) is 18.3 Å². The average Bonchev–Trinajstić information content (AvgIpc) is 2.33. The van der Waals surface area contributed by atoms with Crippen LogP contribution in [0.15, 0.2) is 35.9 Å². The first-order chi connectivity index (χ1) is 7.78. The summed E-state index contributed by atoms with van der Waals surface area (Å²) in [5.74, 6) is 0. The number of nitrogens with zero attached hydrogens (tertiary/aromatic N) is 2. The van der Waals surface area contributed by atoms with Crippen molar-refractivity contribution in [3.05, 3.63) is 47.0 Å². The zero-order chi connectivity index (χ0) is 11.4. The molecule has 82 valence electrons. The summed E-state index contributed by atoms with van der Waals surface area (Å²) in [5, 5.41) is 8.76. The van der Waals surface area contributed by atoms with Crippen molar-refractivity contribution in [3.63, 3.8) is 0 Å². The van der Waals surface area contributed by atoms with Crippen molar-refractivity contribution in [1.82, 2.24) is 4.90 Å². The summed E-state index contributed by atoms with van der Waals surface area (Å²) in [6.45, 7) is 4.98. The maximum atomic E-state index is 8.76. The lowest BCUT2D eigenvalue weighted by Gasteiger charge is -2.24. The molecule has 0 aromatic heterocycles. The van der Waals surface area contributed by atoms with Gasteiger partial charge in [-0.05, 0) is 18.9 Å². The highest BCUT2D eigenvalue weighted by Crippen LogP contribution is 2.13. The van der Waals surface area contributed by atoms with Crippen LogP contribution in [0.4, 0.5) is 0 Å². The minimum absolute atomic E-state index is 0.891. The van der Waals surface area contributed by atoms with Crippen LogP contribution in [-0.4, -0.2) is 18.0 Å². The van der Waals surface area contributed by atoms with Gasteiger partial charge in [-0.25, -0.2) is 0 Å². The molecular formula is C14H16N2. The summed E-state index contributed by atoms with van der Waals surface area (Å²) in [7, 11) is 0. The van der Waals surface area contributed by atoms with Crippen molar-refractivity contribution < 1.29 is 0 Å². The van der Waals surface area contributed by atoms with E-state index in [9.17, 15) is 0 Å². The molecule has 1 aromatic carbocycles. The van der Waals surface area contributed by atoms with Crippen LogP contribution in [0.3, 0.4) is 0 Å². The first-order valence-electron chi connectivity index (χ1n) is 5.65. The molecule has 1 aliphatic heterocycles. The summed E-state index contributed by atoms with van der Waals surface area (Å²) in [6.07, 6.45) is 2.93. The van der Waals surface area contributed by atoms with Gasteiger partial charge in [0.05, 0.1) is 6.07 Å². The van der Waals surface area contributed by atoms with Gasteiger partial charge >= 0.3 is 0 Å². The molecule has 1 aliphatic rings. The Kier molecular flexibility index (Phi) is 3.38. The smallest absolute Gasteiger partial charge is 0.0944 e. The Balaban J connectivity index is 1.95. The number of hydrogen-bond donors (Lipinski definition) is 0. The predicted molar refractivity (Wildman–Crippen MR) is 64.8 cm³/mol. The molecule has 0 atom stereocenters. The zero-order valence-corrected chi connectivity index (χ0v) is 9.61. The van der Waals surface area contributed by atoms with Gasteiger partial charge in [-0.15, -0.1) is 0 Å². The molecule has 2 nitrogen and oxygen atoms in total. The molecule has 0 saturated heterocycles. The third-order valence-electron chi connectivity index (χ3n) is 2.96. The molecule has 1 aromatic rings. The van der Waals surface area contributed by atoms with Gasteiger partial charge in [-0.2, -0.15) is 5.26 Å². The number of aryl methyl sites for hydroxylation is 1. The Morgan fingerprint density at radius 3 is 2.62 bits per heavy atom. The van der Waals surface area contributed by atoms with Crippen LogP contribution in [0.25, 0.3) is 0 Å². The van der Waals surface area contributed by atoms with Crippen LogP contribution < -0.4 is 0 Å². The molecule has 0 fully saturated rings. The Labute approximate surface area is 96.8 Å². The number of benzene rings is 1. The maximum Gasteiger partial charge on any atom is 0.0944 e. The van der Waals surface area contributed by atoms with Gasteiger partial charge in [0.25, 0.3) is 0 Å². The van der Waals surface area contributed by atoms with Gasteiger partial charge in [0.2, 0.25) is 0 Å². The van der Waals surface area contributed by atoms with E-state index in [1.807, 2.05) is 6.08 Å². The van der Waals surface area contributed by atoms with Gasteiger partial charge < -0.3 is 0 Å². The monoisotopic (exact) mass is 212 g/mol. The molecular weight excluding hydrogens is 196 g/mol. The lowest BCUT2D eigenvalue weighted by atomic mass is 10.1. The molecule has 1 heterocycles. The van der Waals surface area contributed by atoms with E-state index in [1.165, 1.54) is 11.1 Å². The minimum atomic E-state index is 0.891. The van der Waals surface area contributed by atoms with Crippen molar-refractivity contribution in [2.45, 2.75) is 19.9 Å². The molecule has 0 radical (unpaired) electrons. The van der Waals surface area contributed by atoms with Gasteiger partial charge in [0, 0.05) is 25.2 Å². The summed E-state index contributed by atoms with van der Waals surface area (Å²) < 4.78 is 0. The summed E-state index contributed by atoms with van der Waals surface area (Å²) >= 11 is 0. The summed E-state index contributed by atoms with van der Waals surface area (Å²) in [6, 6.07) is 10.9. The van der Waals surface area contributed by atoms with E-state index in [2.05, 4.69) is 42.2 Å². The highest BCUT2D eigenvalue weighted by Gasteiger charge is 2.11. The second kappa shape index (κ2) is 4.96. The van der Waals surface area contributed by atoms with Crippen LogP contribution in [0.2, 0.25) is 0 Å². The molecule has 0 aliphatic carbocycles. The van der Waals surface area contributed by atoms with E-state index in [0.29, 0.717) is 0 Å². The van der Waals surface area contributed by atoms with Crippen molar-refractivity contribution >= 4 is 0 Å². The van der Waals surface area contributed by atoms with Crippen LogP contribution in [0.5, 0.6) is 0 Å². The molecule has 0 unspecified atom stereocenters. The highest BCUT2D eigenvalue weighted by molar-refractivity contribution is 5.24. The Morgan fingerprint density at radius 1 is 1.31 bits per heavy atom. The Bertz CT molecular complexity index is 423. The Hall–Kier alpha value is -1.59. The van der Waals surface area contributed by atoms with Crippen molar-refractivity contribution in [2.24, 2.45) is 0 Å². The second-order valence-electron chi connectivity index (χ2n) is 4.31. The van der Waals surface area contributed by atoms with Gasteiger partial charge in [-0.3, -0.25) is 4.90 Å². The fourth-order valence-corrected chi connectivity index (χ4v) is 1.91. The second-order valence-corrected chi connectivity index (χ2v) is 4.31. The van der Waals surface area contributed by atoms with E-state index in [-0.39, 0.29) is 0 Å². The predicted octanol–water partition coefficient (Wildman–Crippen LogP) is 2.65. The van der Waals surface area contributed by atoms with E-state index < -0.39 is 0 Å². The molecule has 2 rings (SSSR count). The standard InChI is InChI=1S/C14H16N2/c1-12-2-4-14(5-3-12)11-16-8-6-13(10-15)7-9-16/h2-6H,7-9,11H2,1H3. The van der Waals surface area contributed by atoms with Crippen LogP contribution in [0.1, 0.15) is 17.5 Å². The molecule has 16 heavy (non-hydrogen) atoms. The van der Waals surface area contributed by atoms with E-state index in [4.69, 9.17) is 5.26 Å². The molecule has 0 bridgehead atoms. The van der Waals surface area contributed by atoms with E-state index in [0.717, 1.165) is 31.6 Å². The minimum Gasteiger partial charge on any atom is -0.295 e. The van der Waals surface area contributed by atoms with Crippen molar-refractivity contribution in [1.29, 1.82) is 5.26 Å². The van der Waals surface area contributed by atoms with Crippen LogP contribution in [-0.2, 0) is 6.54 Å². The fraction of sp³-hybridized carbons (Fsp3) is 0.357. The summed E-state index contributed by atoms with van der Waals surface area (Å²) in [5.41, 5.74) is 3.58. The quantitative estimate of drug-likeness (QED) is 0.753. The largest absolute Gasteiger partial charge is 0.295 e. The highest BCUT2D eigenvalue weighted by atomic mass is 15.1. The van der Waals surface area contributed by atoms with Gasteiger partial charge in [-0.1, -0.05) is 35.9 Å². The SMILES string of the molecule is Cc1ccc(CN2CC=C(C#N)CC2)cc1. The molecule has 0 spiro atoms. The Morgan fingerprint density at radius 2 is 2.06 bits per heavy atom. The lowest BCUT2D eigenvalue weighted by molar-refractivity contribution is 0.288. The first kappa shape index (κ1) is 10.9. The van der Waals surface area contributed by atoms with Crippen molar-refractivity contribution in [3.8, 4) is 6.07 Å². The normalized spacial score (nSPS) is 16.6. The number of hydrogen-bond acceptors (Lipinski definition) is 2. The summed E-state index contributed by atoms with van der Waals surface area (Å²) in [4.78, 5) is 2.37. The molecule has 2 heteroatoms. The zero-order valence-electron chi connectivity index (χ0n) is 9.61. The van der Waals surface area contributed by atoms with Crippen LogP contribution >= 0.6 is 0 Å². The topological polar surface area (TPSA) is 27.0 Å². The first-order valence-corrected chi connectivity index (χ1v) is 5.65. The lowest BCUT2D eigenvalue weighted by Crippen LogP contribution is -2.28. The molecule has 0 saturated carbocycles. The van der Waals surface area contributed by atoms with Gasteiger partial charge in [0.15, 0.2) is 0 Å². The fourth-order valence-electron chi connectivity index (χ4n) is 1.91.